The van der Waals surface area contributed by atoms with Crippen LogP contribution in [0.15, 0.2) is 52.9 Å². The zero-order chi connectivity index (χ0) is 12.4. The van der Waals surface area contributed by atoms with Crippen LogP contribution >= 0.6 is 0 Å². The molecule has 0 bridgehead atoms. The minimum Gasteiger partial charge on any atom is -0.449 e. The highest BCUT2D eigenvalue weighted by atomic mass is 16.3. The van der Waals surface area contributed by atoms with Crippen LogP contribution in [-0.4, -0.2) is 15.2 Å². The first kappa shape index (κ1) is 10.5. The van der Waals surface area contributed by atoms with E-state index < -0.39 is 0 Å². The Kier molecular flexibility index (Phi) is 2.49. The second-order valence-electron chi connectivity index (χ2n) is 3.67. The molecule has 0 saturated carbocycles. The molecule has 0 aliphatic carbocycles. The first-order valence-corrected chi connectivity index (χ1v) is 5.41. The standard InChI is InChI=1S/C13H10N4O/c1-2-10-9-5-3-4-6-11(13(9)17-16-10)15-12-7-18-8-14-12/h2-8H,1H2,(H,16,17)/b15-11+. The Morgan fingerprint density at radius 3 is 3.00 bits per heavy atom. The molecule has 5 heteroatoms. The molecule has 18 heavy (non-hydrogen) atoms. The van der Waals surface area contributed by atoms with Crippen molar-refractivity contribution in [2.75, 3.05) is 0 Å². The van der Waals surface area contributed by atoms with Gasteiger partial charge in [0.25, 0.3) is 0 Å². The molecular formula is C13H10N4O. The minimum atomic E-state index is 0.519. The highest BCUT2D eigenvalue weighted by Crippen LogP contribution is 2.13. The fourth-order valence-corrected chi connectivity index (χ4v) is 1.74. The van der Waals surface area contributed by atoms with E-state index in [4.69, 9.17) is 4.42 Å². The summed E-state index contributed by atoms with van der Waals surface area (Å²) in [5, 5.41) is 8.89. The fraction of sp³-hybridized carbons (Fsp3) is 0. The van der Waals surface area contributed by atoms with Gasteiger partial charge in [0, 0.05) is 5.39 Å². The quantitative estimate of drug-likeness (QED) is 0.745. The highest BCUT2D eigenvalue weighted by Gasteiger charge is 2.02. The van der Waals surface area contributed by atoms with Gasteiger partial charge in [-0.1, -0.05) is 24.8 Å². The van der Waals surface area contributed by atoms with E-state index >= 15 is 0 Å². The van der Waals surface area contributed by atoms with E-state index in [1.165, 1.54) is 12.7 Å². The molecule has 0 aliphatic rings. The molecule has 0 radical (unpaired) electrons. The van der Waals surface area contributed by atoms with Crippen LogP contribution in [-0.2, 0) is 0 Å². The van der Waals surface area contributed by atoms with Gasteiger partial charge in [0.05, 0.1) is 11.1 Å². The summed E-state index contributed by atoms with van der Waals surface area (Å²) in [5.74, 6) is 0.519. The molecule has 2 aromatic heterocycles. The number of rotatable bonds is 2. The third kappa shape index (κ3) is 1.71. The van der Waals surface area contributed by atoms with Crippen LogP contribution in [0.25, 0.3) is 17.0 Å². The Labute approximate surface area is 103 Å². The second kappa shape index (κ2) is 4.29. The molecule has 0 fully saturated rings. The molecule has 0 aliphatic heterocycles. The van der Waals surface area contributed by atoms with Gasteiger partial charge in [0.15, 0.2) is 12.2 Å². The maximum absolute atomic E-state index is 4.90. The van der Waals surface area contributed by atoms with E-state index in [0.29, 0.717) is 5.82 Å². The van der Waals surface area contributed by atoms with Gasteiger partial charge in [-0.25, -0.2) is 4.99 Å². The first-order valence-electron chi connectivity index (χ1n) is 5.41. The number of fused-ring (bicyclic) bond motifs is 1. The van der Waals surface area contributed by atoms with Crippen molar-refractivity contribution in [1.29, 1.82) is 0 Å². The summed E-state index contributed by atoms with van der Waals surface area (Å²) in [4.78, 5) is 8.37. The largest absolute Gasteiger partial charge is 0.449 e. The number of nitrogens with zero attached hydrogens (tertiary/aromatic N) is 3. The number of oxazole rings is 1. The van der Waals surface area contributed by atoms with Gasteiger partial charge < -0.3 is 4.42 Å². The summed E-state index contributed by atoms with van der Waals surface area (Å²) >= 11 is 0. The molecule has 0 atom stereocenters. The Bertz CT molecular complexity index is 756. The monoisotopic (exact) mass is 238 g/mol. The SMILES string of the molecule is C=Cc1[nH]nc2/c(=N/c3cocn3)ccccc12. The summed E-state index contributed by atoms with van der Waals surface area (Å²) in [6.45, 7) is 3.75. The topological polar surface area (TPSA) is 67.1 Å². The van der Waals surface area contributed by atoms with Gasteiger partial charge in [0.1, 0.15) is 11.8 Å². The van der Waals surface area contributed by atoms with Gasteiger partial charge in [-0.15, -0.1) is 0 Å². The zero-order valence-electron chi connectivity index (χ0n) is 9.50. The highest BCUT2D eigenvalue weighted by molar-refractivity contribution is 5.85. The van der Waals surface area contributed by atoms with Gasteiger partial charge in [-0.3, -0.25) is 5.10 Å². The molecule has 1 N–H and O–H groups in total. The van der Waals surface area contributed by atoms with Crippen molar-refractivity contribution >= 4 is 22.8 Å². The van der Waals surface area contributed by atoms with Crippen molar-refractivity contribution < 1.29 is 4.42 Å². The van der Waals surface area contributed by atoms with Crippen LogP contribution in [0.3, 0.4) is 0 Å². The summed E-state index contributed by atoms with van der Waals surface area (Å²) in [5.41, 5.74) is 1.65. The van der Waals surface area contributed by atoms with E-state index in [1.54, 1.807) is 6.08 Å². The molecule has 3 rings (SSSR count). The third-order valence-electron chi connectivity index (χ3n) is 2.56. The third-order valence-corrected chi connectivity index (χ3v) is 2.56. The van der Waals surface area contributed by atoms with Crippen LogP contribution in [0.4, 0.5) is 5.82 Å². The Hall–Kier alpha value is -2.69. The summed E-state index contributed by atoms with van der Waals surface area (Å²) in [7, 11) is 0. The summed E-state index contributed by atoms with van der Waals surface area (Å²) in [6, 6.07) is 7.70. The Balaban J connectivity index is 2.37. The molecule has 3 aromatic rings. The van der Waals surface area contributed by atoms with E-state index in [9.17, 15) is 0 Å². The first-order chi connectivity index (χ1) is 8.88. The van der Waals surface area contributed by atoms with E-state index in [2.05, 4.69) is 26.8 Å². The lowest BCUT2D eigenvalue weighted by molar-refractivity contribution is 0.558. The number of aromatic amines is 1. The minimum absolute atomic E-state index is 0.519. The van der Waals surface area contributed by atoms with E-state index in [0.717, 1.165) is 22.0 Å². The van der Waals surface area contributed by atoms with Crippen LogP contribution in [0.2, 0.25) is 0 Å². The molecule has 88 valence electrons. The van der Waals surface area contributed by atoms with Crippen LogP contribution in [0.5, 0.6) is 0 Å². The summed E-state index contributed by atoms with van der Waals surface area (Å²) in [6.07, 6.45) is 4.56. The van der Waals surface area contributed by atoms with Crippen molar-refractivity contribution in [3.8, 4) is 0 Å². The van der Waals surface area contributed by atoms with Gasteiger partial charge >= 0.3 is 0 Å². The summed E-state index contributed by atoms with van der Waals surface area (Å²) < 4.78 is 4.90. The average molecular weight is 238 g/mol. The molecule has 0 saturated heterocycles. The van der Waals surface area contributed by atoms with E-state index in [-0.39, 0.29) is 0 Å². The smallest absolute Gasteiger partial charge is 0.191 e. The number of hydrogen-bond acceptors (Lipinski definition) is 4. The zero-order valence-corrected chi connectivity index (χ0v) is 9.50. The molecule has 2 heterocycles. The van der Waals surface area contributed by atoms with Crippen molar-refractivity contribution in [3.63, 3.8) is 0 Å². The number of hydrogen-bond donors (Lipinski definition) is 1. The Morgan fingerprint density at radius 2 is 2.22 bits per heavy atom. The van der Waals surface area contributed by atoms with Gasteiger partial charge in [0.2, 0.25) is 0 Å². The lowest BCUT2D eigenvalue weighted by Crippen LogP contribution is -1.98. The van der Waals surface area contributed by atoms with Crippen molar-refractivity contribution in [3.05, 3.63) is 54.6 Å². The molecule has 0 spiro atoms. The maximum atomic E-state index is 4.90. The molecular weight excluding hydrogens is 228 g/mol. The fourth-order valence-electron chi connectivity index (χ4n) is 1.74. The lowest BCUT2D eigenvalue weighted by Gasteiger charge is -1.84. The number of H-pyrrole nitrogens is 1. The van der Waals surface area contributed by atoms with Crippen LogP contribution < -0.4 is 5.36 Å². The van der Waals surface area contributed by atoms with Crippen molar-refractivity contribution in [2.24, 2.45) is 4.99 Å². The predicted octanol–water partition coefficient (Wildman–Crippen LogP) is 2.43. The number of nitrogens with one attached hydrogen (secondary N) is 1. The normalized spacial score (nSPS) is 11.9. The molecule has 5 nitrogen and oxygen atoms in total. The lowest BCUT2D eigenvalue weighted by atomic mass is 10.2. The van der Waals surface area contributed by atoms with Crippen molar-refractivity contribution in [1.82, 2.24) is 15.2 Å². The maximum Gasteiger partial charge on any atom is 0.191 e. The van der Waals surface area contributed by atoms with Gasteiger partial charge in [-0.05, 0) is 12.1 Å². The van der Waals surface area contributed by atoms with E-state index in [1.807, 2.05) is 24.3 Å². The average Bonchev–Trinajstić information content (AvgIpc) is 2.98. The van der Waals surface area contributed by atoms with Crippen molar-refractivity contribution in [2.45, 2.75) is 0 Å². The molecule has 1 aromatic carbocycles. The van der Waals surface area contributed by atoms with Crippen LogP contribution in [0, 0.1) is 0 Å². The Morgan fingerprint density at radius 1 is 1.33 bits per heavy atom. The number of aromatic nitrogens is 3. The second-order valence-corrected chi connectivity index (χ2v) is 3.67. The molecule has 0 unspecified atom stereocenters. The molecule has 0 amide bonds. The van der Waals surface area contributed by atoms with Crippen LogP contribution in [0.1, 0.15) is 5.69 Å². The van der Waals surface area contributed by atoms with Gasteiger partial charge in [-0.2, -0.15) is 10.1 Å². The predicted molar refractivity (Wildman–Crippen MR) is 67.9 cm³/mol.